The van der Waals surface area contributed by atoms with Crippen molar-refractivity contribution in [3.05, 3.63) is 105 Å². The minimum atomic E-state index is -3.61. The molecule has 1 aliphatic rings. The fraction of sp³-hybridized carbons (Fsp3) is 0.148. The van der Waals surface area contributed by atoms with Crippen LogP contribution in [-0.4, -0.2) is 20.6 Å². The number of aryl methyl sites for hydroxylation is 2. The molecule has 0 radical (unpaired) electrons. The molecule has 0 heterocycles. The second-order valence-corrected chi connectivity index (χ2v) is 11.4. The summed E-state index contributed by atoms with van der Waals surface area (Å²) in [5, 5.41) is 5.98. The Hall–Kier alpha value is -3.06. The molecule has 0 saturated heterocycles. The Morgan fingerprint density at radius 1 is 0.943 bits per heavy atom. The standard InChI is InChI=1S/C27H22Cl2N2O3S/c1-35(33,34)31(25-14-12-21(28)15-23(25)29)16-17-5-7-20(8-6-17)27(32)30-24-13-11-19-10-9-18-3-2-4-22(24)26(18)19/h2-8,11-15H,9-10,16H2,1H3,(H,30,32). The third-order valence-electron chi connectivity index (χ3n) is 6.25. The highest BCUT2D eigenvalue weighted by Crippen LogP contribution is 2.35. The molecule has 1 amide bonds. The first-order valence-corrected chi connectivity index (χ1v) is 13.7. The largest absolute Gasteiger partial charge is 0.321 e. The zero-order valence-corrected chi connectivity index (χ0v) is 21.2. The van der Waals surface area contributed by atoms with Gasteiger partial charge in [0.15, 0.2) is 0 Å². The fourth-order valence-corrected chi connectivity index (χ4v) is 6.00. The van der Waals surface area contributed by atoms with E-state index in [9.17, 15) is 13.2 Å². The minimum Gasteiger partial charge on any atom is -0.321 e. The zero-order valence-electron chi connectivity index (χ0n) is 18.9. The Morgan fingerprint density at radius 3 is 2.34 bits per heavy atom. The molecule has 0 atom stereocenters. The van der Waals surface area contributed by atoms with E-state index in [0.717, 1.165) is 30.2 Å². The summed E-state index contributed by atoms with van der Waals surface area (Å²) in [5.74, 6) is -0.226. The Labute approximate surface area is 214 Å². The summed E-state index contributed by atoms with van der Waals surface area (Å²) in [6, 6.07) is 21.8. The lowest BCUT2D eigenvalue weighted by molar-refractivity contribution is 0.102. The van der Waals surface area contributed by atoms with Crippen molar-refractivity contribution in [3.63, 3.8) is 0 Å². The normalized spacial score (nSPS) is 12.7. The molecule has 35 heavy (non-hydrogen) atoms. The van der Waals surface area contributed by atoms with E-state index in [1.807, 2.05) is 18.2 Å². The van der Waals surface area contributed by atoms with Crippen molar-refractivity contribution in [1.29, 1.82) is 0 Å². The summed E-state index contributed by atoms with van der Waals surface area (Å²) in [6.07, 6.45) is 3.17. The predicted octanol–water partition coefficient (Wildman–Crippen LogP) is 6.46. The number of carbonyl (C=O) groups is 1. The van der Waals surface area contributed by atoms with Crippen molar-refractivity contribution in [3.8, 4) is 0 Å². The molecule has 0 unspecified atom stereocenters. The molecular formula is C27H22Cl2N2O3S. The van der Waals surface area contributed by atoms with Crippen LogP contribution in [0, 0.1) is 0 Å². The number of nitrogens with one attached hydrogen (secondary N) is 1. The molecule has 0 aromatic heterocycles. The summed E-state index contributed by atoms with van der Waals surface area (Å²) in [7, 11) is -3.61. The number of amides is 1. The molecule has 8 heteroatoms. The maximum Gasteiger partial charge on any atom is 0.255 e. The zero-order chi connectivity index (χ0) is 24.7. The molecular weight excluding hydrogens is 503 g/mol. The molecule has 178 valence electrons. The van der Waals surface area contributed by atoms with Crippen LogP contribution in [0.5, 0.6) is 0 Å². The molecule has 0 fully saturated rings. The molecule has 0 spiro atoms. The van der Waals surface area contributed by atoms with E-state index in [2.05, 4.69) is 17.4 Å². The van der Waals surface area contributed by atoms with Crippen molar-refractivity contribution < 1.29 is 13.2 Å². The summed E-state index contributed by atoms with van der Waals surface area (Å²) < 4.78 is 26.2. The van der Waals surface area contributed by atoms with E-state index < -0.39 is 10.0 Å². The lowest BCUT2D eigenvalue weighted by Gasteiger charge is -2.23. The monoisotopic (exact) mass is 524 g/mol. The lowest BCUT2D eigenvalue weighted by Crippen LogP contribution is -2.29. The molecule has 1 N–H and O–H groups in total. The highest BCUT2D eigenvalue weighted by Gasteiger charge is 2.21. The van der Waals surface area contributed by atoms with E-state index in [0.29, 0.717) is 21.8 Å². The first-order chi connectivity index (χ1) is 16.7. The van der Waals surface area contributed by atoms with Crippen molar-refractivity contribution in [2.45, 2.75) is 19.4 Å². The van der Waals surface area contributed by atoms with Gasteiger partial charge in [0.25, 0.3) is 5.91 Å². The number of hydrogen-bond acceptors (Lipinski definition) is 3. The van der Waals surface area contributed by atoms with Gasteiger partial charge in [0.2, 0.25) is 10.0 Å². The van der Waals surface area contributed by atoms with E-state index in [-0.39, 0.29) is 17.5 Å². The van der Waals surface area contributed by atoms with Gasteiger partial charge in [-0.15, -0.1) is 0 Å². The van der Waals surface area contributed by atoms with Crippen LogP contribution in [0.4, 0.5) is 11.4 Å². The van der Waals surface area contributed by atoms with Gasteiger partial charge in [0.05, 0.1) is 23.5 Å². The van der Waals surface area contributed by atoms with Gasteiger partial charge in [-0.2, -0.15) is 0 Å². The quantitative estimate of drug-likeness (QED) is 0.314. The number of hydrogen-bond donors (Lipinski definition) is 1. The summed E-state index contributed by atoms with van der Waals surface area (Å²) in [4.78, 5) is 13.0. The van der Waals surface area contributed by atoms with Gasteiger partial charge in [-0.3, -0.25) is 9.10 Å². The molecule has 0 saturated carbocycles. The number of halogens is 2. The summed E-state index contributed by atoms with van der Waals surface area (Å²) in [5.41, 5.74) is 4.94. The maximum absolute atomic E-state index is 13.0. The average Bonchev–Trinajstić information content (AvgIpc) is 3.24. The van der Waals surface area contributed by atoms with Crippen molar-refractivity contribution in [1.82, 2.24) is 0 Å². The van der Waals surface area contributed by atoms with Crippen LogP contribution in [0.15, 0.2) is 72.8 Å². The molecule has 0 aliphatic heterocycles. The highest BCUT2D eigenvalue weighted by atomic mass is 35.5. The number of nitrogens with zero attached hydrogens (tertiary/aromatic N) is 1. The number of carbonyl (C=O) groups excluding carboxylic acids is 1. The molecule has 5 nitrogen and oxygen atoms in total. The van der Waals surface area contributed by atoms with Crippen LogP contribution in [-0.2, 0) is 29.4 Å². The van der Waals surface area contributed by atoms with Crippen molar-refractivity contribution in [2.24, 2.45) is 0 Å². The van der Waals surface area contributed by atoms with E-state index in [4.69, 9.17) is 23.2 Å². The Kier molecular flexibility index (Phi) is 6.21. The van der Waals surface area contributed by atoms with Crippen molar-refractivity contribution >= 4 is 61.3 Å². The van der Waals surface area contributed by atoms with Gasteiger partial charge in [-0.25, -0.2) is 8.42 Å². The lowest BCUT2D eigenvalue weighted by atomic mass is 10.0. The van der Waals surface area contributed by atoms with Crippen LogP contribution in [0.1, 0.15) is 27.0 Å². The number of sulfonamides is 1. The second kappa shape index (κ2) is 9.19. The van der Waals surface area contributed by atoms with Crippen LogP contribution in [0.25, 0.3) is 10.8 Å². The minimum absolute atomic E-state index is 0.0664. The highest BCUT2D eigenvalue weighted by molar-refractivity contribution is 7.92. The summed E-state index contributed by atoms with van der Waals surface area (Å²) >= 11 is 12.2. The second-order valence-electron chi connectivity index (χ2n) is 8.63. The predicted molar refractivity (Wildman–Crippen MR) is 143 cm³/mol. The fourth-order valence-electron chi connectivity index (χ4n) is 4.54. The molecule has 1 aliphatic carbocycles. The van der Waals surface area contributed by atoms with E-state index >= 15 is 0 Å². The SMILES string of the molecule is CS(=O)(=O)N(Cc1ccc(C(=O)Nc2ccc3c4c(cccc24)CC3)cc1)c1ccc(Cl)cc1Cl. The van der Waals surface area contributed by atoms with Crippen LogP contribution in [0.2, 0.25) is 10.0 Å². The van der Waals surface area contributed by atoms with Crippen LogP contribution in [0.3, 0.4) is 0 Å². The van der Waals surface area contributed by atoms with Crippen LogP contribution < -0.4 is 9.62 Å². The van der Waals surface area contributed by atoms with E-state index in [1.165, 1.54) is 26.9 Å². The Morgan fingerprint density at radius 2 is 1.66 bits per heavy atom. The first-order valence-electron chi connectivity index (χ1n) is 11.1. The third kappa shape index (κ3) is 4.74. The van der Waals surface area contributed by atoms with Crippen molar-refractivity contribution in [2.75, 3.05) is 15.9 Å². The molecule has 5 rings (SSSR count). The van der Waals surface area contributed by atoms with E-state index in [1.54, 1.807) is 36.4 Å². The molecule has 4 aromatic rings. The smallest absolute Gasteiger partial charge is 0.255 e. The van der Waals surface area contributed by atoms with Gasteiger partial charge < -0.3 is 5.32 Å². The summed E-state index contributed by atoms with van der Waals surface area (Å²) in [6.45, 7) is 0.0664. The first kappa shape index (κ1) is 23.7. The van der Waals surface area contributed by atoms with Gasteiger partial charge in [-0.1, -0.05) is 59.6 Å². The Balaban J connectivity index is 1.37. The van der Waals surface area contributed by atoms with Gasteiger partial charge in [-0.05, 0) is 71.3 Å². The third-order valence-corrected chi connectivity index (χ3v) is 7.91. The van der Waals surface area contributed by atoms with Gasteiger partial charge in [0.1, 0.15) is 0 Å². The van der Waals surface area contributed by atoms with Gasteiger partial charge in [0, 0.05) is 21.7 Å². The topological polar surface area (TPSA) is 66.5 Å². The Bertz CT molecular complexity index is 1560. The van der Waals surface area contributed by atoms with Crippen LogP contribution >= 0.6 is 23.2 Å². The number of rotatable bonds is 6. The number of anilines is 2. The van der Waals surface area contributed by atoms with Gasteiger partial charge >= 0.3 is 0 Å². The molecule has 4 aromatic carbocycles. The maximum atomic E-state index is 13.0. The average molecular weight is 525 g/mol. The molecule has 0 bridgehead atoms. The number of benzene rings is 4.